The summed E-state index contributed by atoms with van der Waals surface area (Å²) in [6.45, 7) is 2.00. The molecule has 1 aromatic heterocycles. The van der Waals surface area contributed by atoms with Gasteiger partial charge in [0.05, 0.1) is 11.0 Å². The molecule has 80 valence electrons. The van der Waals surface area contributed by atoms with Crippen LogP contribution in [0.25, 0.3) is 11.0 Å². The highest BCUT2D eigenvalue weighted by Crippen LogP contribution is 2.20. The van der Waals surface area contributed by atoms with Crippen LogP contribution in [-0.4, -0.2) is 15.3 Å². The second kappa shape index (κ2) is 3.87. The number of imidazole rings is 1. The predicted molar refractivity (Wildman–Crippen MR) is 66.2 cm³/mol. The number of nitrogens with zero attached hydrogens (tertiary/aromatic N) is 2. The van der Waals surface area contributed by atoms with E-state index in [4.69, 9.17) is 5.73 Å². The van der Waals surface area contributed by atoms with Crippen LogP contribution < -0.4 is 5.73 Å². The first-order valence-corrected chi connectivity index (χ1v) is 5.56. The lowest BCUT2D eigenvalue weighted by molar-refractivity contribution is 0.835. The third kappa shape index (κ3) is 1.75. The van der Waals surface area contributed by atoms with Gasteiger partial charge in [0.15, 0.2) is 0 Å². The van der Waals surface area contributed by atoms with Gasteiger partial charge in [-0.15, -0.1) is 0 Å². The van der Waals surface area contributed by atoms with Crippen LogP contribution in [0, 0.1) is 6.92 Å². The van der Waals surface area contributed by atoms with Crippen molar-refractivity contribution in [2.24, 2.45) is 12.8 Å². The molecule has 2 N–H and O–H groups in total. The van der Waals surface area contributed by atoms with E-state index in [1.807, 2.05) is 26.1 Å². The number of rotatable bonds is 2. The van der Waals surface area contributed by atoms with Crippen molar-refractivity contribution in [2.45, 2.75) is 13.0 Å². The summed E-state index contributed by atoms with van der Waals surface area (Å²) in [6, 6.07) is 6.14. The number of hydrogen-bond donors (Lipinski definition) is 2. The molecule has 0 aliphatic heterocycles. The van der Waals surface area contributed by atoms with Crippen LogP contribution in [0.2, 0.25) is 0 Å². The van der Waals surface area contributed by atoms with Gasteiger partial charge in [0.2, 0.25) is 0 Å². The van der Waals surface area contributed by atoms with Crippen molar-refractivity contribution in [3.05, 3.63) is 29.6 Å². The Kier molecular flexibility index (Phi) is 2.71. The molecule has 0 fully saturated rings. The van der Waals surface area contributed by atoms with Gasteiger partial charge in [-0.05, 0) is 24.6 Å². The van der Waals surface area contributed by atoms with Gasteiger partial charge in [0.25, 0.3) is 0 Å². The number of hydrogen-bond acceptors (Lipinski definition) is 3. The standard InChI is InChI=1S/C11H15N3S/c1-7-13-10-5-8(9(12)6-15)3-4-11(10)14(7)2/h3-5,9,15H,6,12H2,1-2H3. The number of aromatic nitrogens is 2. The molecule has 0 aliphatic carbocycles. The van der Waals surface area contributed by atoms with Crippen molar-refractivity contribution in [1.82, 2.24) is 9.55 Å². The van der Waals surface area contributed by atoms with Crippen molar-refractivity contribution in [2.75, 3.05) is 5.75 Å². The van der Waals surface area contributed by atoms with E-state index in [0.717, 1.165) is 22.4 Å². The summed E-state index contributed by atoms with van der Waals surface area (Å²) >= 11 is 4.20. The van der Waals surface area contributed by atoms with Gasteiger partial charge in [-0.1, -0.05) is 6.07 Å². The molecule has 3 nitrogen and oxygen atoms in total. The molecule has 0 saturated heterocycles. The van der Waals surface area contributed by atoms with Gasteiger partial charge >= 0.3 is 0 Å². The van der Waals surface area contributed by atoms with Crippen molar-refractivity contribution < 1.29 is 0 Å². The highest BCUT2D eigenvalue weighted by Gasteiger charge is 2.08. The Balaban J connectivity index is 2.57. The summed E-state index contributed by atoms with van der Waals surface area (Å²) in [4.78, 5) is 4.47. The number of fused-ring (bicyclic) bond motifs is 1. The summed E-state index contributed by atoms with van der Waals surface area (Å²) < 4.78 is 2.07. The topological polar surface area (TPSA) is 43.8 Å². The largest absolute Gasteiger partial charge is 0.331 e. The smallest absolute Gasteiger partial charge is 0.106 e. The lowest BCUT2D eigenvalue weighted by atomic mass is 10.1. The first-order valence-electron chi connectivity index (χ1n) is 4.93. The monoisotopic (exact) mass is 221 g/mol. The van der Waals surface area contributed by atoms with Gasteiger partial charge in [0, 0.05) is 18.8 Å². The Morgan fingerprint density at radius 1 is 1.53 bits per heavy atom. The highest BCUT2D eigenvalue weighted by molar-refractivity contribution is 7.80. The molecule has 1 aromatic carbocycles. The fourth-order valence-corrected chi connectivity index (χ4v) is 1.88. The zero-order valence-electron chi connectivity index (χ0n) is 8.94. The van der Waals surface area contributed by atoms with Crippen LogP contribution in [0.15, 0.2) is 18.2 Å². The quantitative estimate of drug-likeness (QED) is 0.760. The number of thiol groups is 1. The minimum Gasteiger partial charge on any atom is -0.331 e. The fourth-order valence-electron chi connectivity index (χ4n) is 1.67. The molecule has 2 rings (SSSR count). The van der Waals surface area contributed by atoms with Crippen LogP contribution in [0.3, 0.4) is 0 Å². The second-order valence-electron chi connectivity index (χ2n) is 3.76. The highest BCUT2D eigenvalue weighted by atomic mass is 32.1. The summed E-state index contributed by atoms with van der Waals surface area (Å²) in [7, 11) is 2.02. The van der Waals surface area contributed by atoms with E-state index >= 15 is 0 Å². The molecule has 1 unspecified atom stereocenters. The van der Waals surface area contributed by atoms with E-state index in [1.165, 1.54) is 0 Å². The first-order chi connectivity index (χ1) is 7.13. The zero-order chi connectivity index (χ0) is 11.0. The molecule has 4 heteroatoms. The van der Waals surface area contributed by atoms with E-state index in [9.17, 15) is 0 Å². The van der Waals surface area contributed by atoms with Crippen LogP contribution in [0.4, 0.5) is 0 Å². The van der Waals surface area contributed by atoms with Gasteiger partial charge in [0.1, 0.15) is 5.82 Å². The van der Waals surface area contributed by atoms with E-state index < -0.39 is 0 Å². The average Bonchev–Trinajstić information content (AvgIpc) is 2.53. The third-order valence-electron chi connectivity index (χ3n) is 2.75. The zero-order valence-corrected chi connectivity index (χ0v) is 9.83. The second-order valence-corrected chi connectivity index (χ2v) is 4.12. The maximum absolute atomic E-state index is 5.92. The third-order valence-corrected chi connectivity index (χ3v) is 3.15. The Hall–Kier alpha value is -1.00. The van der Waals surface area contributed by atoms with Crippen LogP contribution >= 0.6 is 12.6 Å². The molecule has 0 amide bonds. The maximum atomic E-state index is 5.92. The van der Waals surface area contributed by atoms with Crippen molar-refractivity contribution in [3.8, 4) is 0 Å². The lowest BCUT2D eigenvalue weighted by Crippen LogP contribution is -2.11. The minimum absolute atomic E-state index is 0.0138. The van der Waals surface area contributed by atoms with E-state index in [-0.39, 0.29) is 6.04 Å². The summed E-state index contributed by atoms with van der Waals surface area (Å²) in [5.41, 5.74) is 9.16. The Morgan fingerprint density at radius 3 is 2.93 bits per heavy atom. The minimum atomic E-state index is -0.0138. The lowest BCUT2D eigenvalue weighted by Gasteiger charge is -2.08. The molecule has 1 heterocycles. The average molecular weight is 221 g/mol. The van der Waals surface area contributed by atoms with Crippen molar-refractivity contribution in [3.63, 3.8) is 0 Å². The van der Waals surface area contributed by atoms with Gasteiger partial charge < -0.3 is 10.3 Å². The maximum Gasteiger partial charge on any atom is 0.106 e. The first kappa shape index (κ1) is 10.5. The van der Waals surface area contributed by atoms with Gasteiger partial charge in [-0.25, -0.2) is 4.98 Å². The van der Waals surface area contributed by atoms with E-state index in [0.29, 0.717) is 5.75 Å². The molecule has 0 bridgehead atoms. The summed E-state index contributed by atoms with van der Waals surface area (Å²) in [6.07, 6.45) is 0. The van der Waals surface area contributed by atoms with Crippen LogP contribution in [0.1, 0.15) is 17.4 Å². The molecule has 0 saturated carbocycles. The fraction of sp³-hybridized carbons (Fsp3) is 0.364. The number of aryl methyl sites for hydroxylation is 2. The molecular formula is C11H15N3S. The number of benzene rings is 1. The van der Waals surface area contributed by atoms with Crippen LogP contribution in [-0.2, 0) is 7.05 Å². The molecule has 0 spiro atoms. The normalized spacial score (nSPS) is 13.3. The number of nitrogens with two attached hydrogens (primary N) is 1. The van der Waals surface area contributed by atoms with E-state index in [1.54, 1.807) is 0 Å². The SMILES string of the molecule is Cc1nc2cc(C(N)CS)ccc2n1C. The van der Waals surface area contributed by atoms with Gasteiger partial charge in [-0.2, -0.15) is 12.6 Å². The van der Waals surface area contributed by atoms with Gasteiger partial charge in [-0.3, -0.25) is 0 Å². The van der Waals surface area contributed by atoms with Crippen molar-refractivity contribution >= 4 is 23.7 Å². The van der Waals surface area contributed by atoms with Crippen molar-refractivity contribution in [1.29, 1.82) is 0 Å². The summed E-state index contributed by atoms with van der Waals surface area (Å²) in [5.74, 6) is 1.67. The molecular weight excluding hydrogens is 206 g/mol. The Bertz CT molecular complexity index is 490. The van der Waals surface area contributed by atoms with Crippen LogP contribution in [0.5, 0.6) is 0 Å². The van der Waals surface area contributed by atoms with E-state index in [2.05, 4.69) is 28.2 Å². The summed E-state index contributed by atoms with van der Waals surface area (Å²) in [5, 5.41) is 0. The predicted octanol–water partition coefficient (Wildman–Crippen LogP) is 1.81. The molecule has 15 heavy (non-hydrogen) atoms. The molecule has 0 aliphatic rings. The molecule has 0 radical (unpaired) electrons. The molecule has 2 aromatic rings. The molecule has 1 atom stereocenters. The Morgan fingerprint density at radius 2 is 2.27 bits per heavy atom. The Labute approximate surface area is 94.7 Å².